The Kier molecular flexibility index (Phi) is 5.87. The molecule has 3 rings (SSSR count). The van der Waals surface area contributed by atoms with Crippen LogP contribution in [0.2, 0.25) is 18.1 Å². The molecule has 0 aromatic rings. The minimum atomic E-state index is -1.77. The average molecular weight is 405 g/mol. The van der Waals surface area contributed by atoms with Gasteiger partial charge in [-0.2, -0.15) is 0 Å². The van der Waals surface area contributed by atoms with Crippen LogP contribution in [-0.2, 0) is 9.22 Å². The van der Waals surface area contributed by atoms with Gasteiger partial charge in [0.05, 0.1) is 5.60 Å². The molecule has 0 aliphatic heterocycles. The number of carbonyl (C=O) groups excluding carboxylic acids is 1. The van der Waals surface area contributed by atoms with Gasteiger partial charge in [-0.05, 0) is 86.7 Å². The summed E-state index contributed by atoms with van der Waals surface area (Å²) in [6.07, 6.45) is 12.7. The lowest BCUT2D eigenvalue weighted by atomic mass is 9.61. The lowest BCUT2D eigenvalue weighted by molar-refractivity contribution is -0.130. The van der Waals surface area contributed by atoms with Crippen molar-refractivity contribution in [3.05, 3.63) is 12.2 Å². The molecule has 2 saturated carbocycles. The summed E-state index contributed by atoms with van der Waals surface area (Å²) in [6, 6.07) is 0. The summed E-state index contributed by atoms with van der Waals surface area (Å²) in [5, 5.41) is 0.246. The Bertz CT molecular complexity index is 631. The molecule has 2 nitrogen and oxygen atoms in total. The van der Waals surface area contributed by atoms with Gasteiger partial charge in [0.15, 0.2) is 8.32 Å². The van der Waals surface area contributed by atoms with Gasteiger partial charge in [0.25, 0.3) is 0 Å². The third-order valence-electron chi connectivity index (χ3n) is 8.98. The Hall–Kier alpha value is -0.413. The van der Waals surface area contributed by atoms with Gasteiger partial charge in [0.2, 0.25) is 0 Å². The highest BCUT2D eigenvalue weighted by Crippen LogP contribution is 2.57. The fourth-order valence-electron chi connectivity index (χ4n) is 6.52. The number of Topliss-reactive ketones (excluding diaryl/α,β-unsaturated/α-hetero) is 1. The molecule has 160 valence electrons. The fraction of sp³-hybridized carbons (Fsp3) is 0.880. The van der Waals surface area contributed by atoms with Crippen LogP contribution in [0, 0.1) is 29.1 Å². The van der Waals surface area contributed by atoms with Crippen molar-refractivity contribution in [3.8, 4) is 0 Å². The molecule has 0 amide bonds. The van der Waals surface area contributed by atoms with Gasteiger partial charge in [-0.15, -0.1) is 0 Å². The molecule has 0 spiro atoms. The molecule has 0 aromatic carbocycles. The van der Waals surface area contributed by atoms with Crippen molar-refractivity contribution in [2.45, 2.75) is 110 Å². The van der Waals surface area contributed by atoms with Gasteiger partial charge in [-0.25, -0.2) is 0 Å². The molecule has 6 atom stereocenters. The second-order valence-corrected chi connectivity index (χ2v) is 17.0. The zero-order valence-electron chi connectivity index (χ0n) is 19.7. The van der Waals surface area contributed by atoms with E-state index in [1.807, 2.05) is 0 Å². The lowest BCUT2D eigenvalue weighted by Gasteiger charge is -2.43. The highest BCUT2D eigenvalue weighted by molar-refractivity contribution is 6.74. The fourth-order valence-corrected chi connectivity index (χ4v) is 8.14. The van der Waals surface area contributed by atoms with E-state index in [1.54, 1.807) is 0 Å². The van der Waals surface area contributed by atoms with E-state index in [-0.39, 0.29) is 16.1 Å². The van der Waals surface area contributed by atoms with Crippen LogP contribution in [0.25, 0.3) is 0 Å². The van der Waals surface area contributed by atoms with Gasteiger partial charge >= 0.3 is 0 Å². The average Bonchev–Trinajstić information content (AvgIpc) is 3.06. The third kappa shape index (κ3) is 4.08. The molecule has 0 bridgehead atoms. The van der Waals surface area contributed by atoms with Gasteiger partial charge in [-0.3, -0.25) is 4.79 Å². The maximum atomic E-state index is 12.5. The first-order chi connectivity index (χ1) is 12.8. The van der Waals surface area contributed by atoms with Crippen molar-refractivity contribution < 1.29 is 9.22 Å². The van der Waals surface area contributed by atoms with Crippen molar-refractivity contribution in [2.24, 2.45) is 29.1 Å². The predicted octanol–water partition coefficient (Wildman–Crippen LogP) is 7.15. The number of ketones is 1. The van der Waals surface area contributed by atoms with Crippen LogP contribution in [0.1, 0.15) is 86.5 Å². The van der Waals surface area contributed by atoms with Crippen LogP contribution in [-0.4, -0.2) is 19.7 Å². The van der Waals surface area contributed by atoms with E-state index >= 15 is 0 Å². The largest absolute Gasteiger partial charge is 0.408 e. The summed E-state index contributed by atoms with van der Waals surface area (Å²) in [5.41, 5.74) is 0.161. The minimum Gasteiger partial charge on any atom is -0.408 e. The SMILES string of the molecule is C[C@H](C[C@@H]1C=C[C@@](C)(O[Si](C)(C)C(C)(C)C)C1)[C@H]1CCC2C(=O)CCC[C@@]21C. The molecular formula is C25H44O2Si. The Balaban J connectivity index is 1.61. The Morgan fingerprint density at radius 3 is 2.57 bits per heavy atom. The summed E-state index contributed by atoms with van der Waals surface area (Å²) in [6.45, 7) is 18.9. The van der Waals surface area contributed by atoms with Gasteiger partial charge in [0.1, 0.15) is 5.78 Å². The Morgan fingerprint density at radius 2 is 1.93 bits per heavy atom. The molecule has 1 unspecified atom stereocenters. The summed E-state index contributed by atoms with van der Waals surface area (Å²) in [5.74, 6) is 2.92. The van der Waals surface area contributed by atoms with E-state index in [9.17, 15) is 4.79 Å². The molecule has 3 aliphatic carbocycles. The van der Waals surface area contributed by atoms with Crippen molar-refractivity contribution in [3.63, 3.8) is 0 Å². The molecule has 0 aromatic heterocycles. The summed E-state index contributed by atoms with van der Waals surface area (Å²) in [4.78, 5) is 12.5. The van der Waals surface area contributed by atoms with Crippen LogP contribution in [0.3, 0.4) is 0 Å². The van der Waals surface area contributed by atoms with Crippen molar-refractivity contribution in [1.82, 2.24) is 0 Å². The number of carbonyl (C=O) groups is 1. The van der Waals surface area contributed by atoms with Crippen molar-refractivity contribution in [2.75, 3.05) is 0 Å². The highest BCUT2D eigenvalue weighted by Gasteiger charge is 2.52. The standard InChI is InChI=1S/C25H44O2Si/c1-18(20-11-12-21-22(26)10-9-14-25(20,21)6)16-19-13-15-24(5,17-19)27-28(7,8)23(2,3)4/h13,15,18-21H,9-12,14,16-17H2,1-8H3/t18-,19+,20-,21?,24-,25-/m1/s1. The molecule has 2 fully saturated rings. The minimum absolute atomic E-state index is 0.101. The third-order valence-corrected chi connectivity index (χ3v) is 13.6. The van der Waals surface area contributed by atoms with Crippen LogP contribution in [0.5, 0.6) is 0 Å². The molecule has 3 aliphatic rings. The maximum absolute atomic E-state index is 12.5. The first-order valence-corrected chi connectivity index (χ1v) is 14.6. The highest BCUT2D eigenvalue weighted by atomic mass is 28.4. The quantitative estimate of drug-likeness (QED) is 0.359. The molecule has 0 heterocycles. The molecule has 0 N–H and O–H groups in total. The smallest absolute Gasteiger partial charge is 0.193 e. The lowest BCUT2D eigenvalue weighted by Crippen LogP contribution is -2.47. The second-order valence-electron chi connectivity index (χ2n) is 12.3. The van der Waals surface area contributed by atoms with Gasteiger partial charge in [0, 0.05) is 12.3 Å². The monoisotopic (exact) mass is 404 g/mol. The molecule has 0 radical (unpaired) electrons. The maximum Gasteiger partial charge on any atom is 0.193 e. The predicted molar refractivity (Wildman–Crippen MR) is 121 cm³/mol. The normalized spacial score (nSPS) is 40.0. The van der Waals surface area contributed by atoms with Crippen LogP contribution >= 0.6 is 0 Å². The zero-order chi connectivity index (χ0) is 21.0. The van der Waals surface area contributed by atoms with E-state index < -0.39 is 8.32 Å². The van der Waals surface area contributed by atoms with Crippen LogP contribution in [0.15, 0.2) is 12.2 Å². The first-order valence-electron chi connectivity index (χ1n) is 11.7. The Labute approximate surface area is 175 Å². The first kappa shape index (κ1) is 22.3. The number of rotatable bonds is 5. The second kappa shape index (κ2) is 7.37. The number of hydrogen-bond donors (Lipinski definition) is 0. The van der Waals surface area contributed by atoms with Crippen LogP contribution in [0.4, 0.5) is 0 Å². The van der Waals surface area contributed by atoms with Gasteiger partial charge < -0.3 is 4.43 Å². The van der Waals surface area contributed by atoms with Gasteiger partial charge in [-0.1, -0.05) is 46.8 Å². The summed E-state index contributed by atoms with van der Waals surface area (Å²) in [7, 11) is -1.77. The van der Waals surface area contributed by atoms with E-state index in [4.69, 9.17) is 4.43 Å². The number of hydrogen-bond acceptors (Lipinski definition) is 2. The van der Waals surface area contributed by atoms with Crippen molar-refractivity contribution in [1.29, 1.82) is 0 Å². The van der Waals surface area contributed by atoms with E-state index in [0.717, 1.165) is 25.7 Å². The molecule has 28 heavy (non-hydrogen) atoms. The number of fused-ring (bicyclic) bond motifs is 1. The molecule has 3 heteroatoms. The molecular weight excluding hydrogens is 360 g/mol. The van der Waals surface area contributed by atoms with Crippen molar-refractivity contribution >= 4 is 14.1 Å². The molecule has 0 saturated heterocycles. The zero-order valence-corrected chi connectivity index (χ0v) is 20.7. The van der Waals surface area contributed by atoms with E-state index in [2.05, 4.69) is 66.8 Å². The topological polar surface area (TPSA) is 26.3 Å². The Morgan fingerprint density at radius 1 is 1.25 bits per heavy atom. The summed E-state index contributed by atoms with van der Waals surface area (Å²) < 4.78 is 6.82. The van der Waals surface area contributed by atoms with E-state index in [1.165, 1.54) is 19.3 Å². The summed E-state index contributed by atoms with van der Waals surface area (Å²) >= 11 is 0. The van der Waals surface area contributed by atoms with Crippen LogP contribution < -0.4 is 0 Å². The van der Waals surface area contributed by atoms with E-state index in [0.29, 0.717) is 29.5 Å². The number of allylic oxidation sites excluding steroid dienone is 1.